The van der Waals surface area contributed by atoms with Crippen molar-refractivity contribution < 1.29 is 13.2 Å². The normalized spacial score (nSPS) is 11.5. The van der Waals surface area contributed by atoms with Crippen LogP contribution in [0.5, 0.6) is 0 Å². The molecule has 0 heterocycles. The molecule has 0 fully saturated rings. The number of anilines is 2. The Hall–Kier alpha value is -1.88. The third kappa shape index (κ3) is 3.82. The Balaban J connectivity index is 2.22. The fraction of sp³-hybridized carbons (Fsp3) is 0.200. The van der Waals surface area contributed by atoms with Crippen LogP contribution in [0.4, 0.5) is 24.5 Å². The van der Waals surface area contributed by atoms with Crippen molar-refractivity contribution in [2.45, 2.75) is 12.7 Å². The molecule has 0 amide bonds. The molecule has 0 aliphatic rings. The molecule has 2 nitrogen and oxygen atoms in total. The van der Waals surface area contributed by atoms with E-state index in [1.165, 1.54) is 6.07 Å². The van der Waals surface area contributed by atoms with Crippen LogP contribution in [0.2, 0.25) is 5.02 Å². The Morgan fingerprint density at radius 2 is 1.86 bits per heavy atom. The first-order valence-corrected chi connectivity index (χ1v) is 6.57. The van der Waals surface area contributed by atoms with Gasteiger partial charge in [0.1, 0.15) is 0 Å². The van der Waals surface area contributed by atoms with E-state index in [2.05, 4.69) is 0 Å². The van der Waals surface area contributed by atoms with E-state index >= 15 is 0 Å². The number of hydrogen-bond acceptors (Lipinski definition) is 2. The standard InChI is InChI=1S/C15H14ClF3N2/c1-21(9-10-3-2-4-12(16)7-10)14-6-5-11(8-13(14)20)15(17,18)19/h2-8H,9,20H2,1H3. The van der Waals surface area contributed by atoms with Crippen molar-refractivity contribution in [2.75, 3.05) is 17.7 Å². The average molecular weight is 315 g/mol. The Morgan fingerprint density at radius 1 is 1.14 bits per heavy atom. The summed E-state index contributed by atoms with van der Waals surface area (Å²) in [4.78, 5) is 1.78. The van der Waals surface area contributed by atoms with E-state index in [9.17, 15) is 13.2 Å². The van der Waals surface area contributed by atoms with Gasteiger partial charge in [0, 0.05) is 18.6 Å². The Bertz CT molecular complexity index is 641. The van der Waals surface area contributed by atoms with Gasteiger partial charge in [0.15, 0.2) is 0 Å². The van der Waals surface area contributed by atoms with Gasteiger partial charge in [0.05, 0.1) is 16.9 Å². The van der Waals surface area contributed by atoms with Crippen LogP contribution in [0, 0.1) is 0 Å². The van der Waals surface area contributed by atoms with Crippen LogP contribution < -0.4 is 10.6 Å². The second-order valence-corrected chi connectivity index (χ2v) is 5.19. The summed E-state index contributed by atoms with van der Waals surface area (Å²) in [5.41, 5.74) is 6.57. The topological polar surface area (TPSA) is 29.3 Å². The van der Waals surface area contributed by atoms with E-state index in [4.69, 9.17) is 17.3 Å². The molecule has 2 aromatic rings. The lowest BCUT2D eigenvalue weighted by Gasteiger charge is -2.22. The number of nitrogen functional groups attached to an aromatic ring is 1. The molecule has 0 atom stereocenters. The quantitative estimate of drug-likeness (QED) is 0.840. The molecule has 6 heteroatoms. The number of benzene rings is 2. The van der Waals surface area contributed by atoms with E-state index in [1.807, 2.05) is 12.1 Å². The molecule has 0 aliphatic carbocycles. The number of nitrogens with two attached hydrogens (primary N) is 1. The minimum atomic E-state index is -4.39. The van der Waals surface area contributed by atoms with Gasteiger partial charge in [-0.05, 0) is 35.9 Å². The van der Waals surface area contributed by atoms with Crippen molar-refractivity contribution in [3.63, 3.8) is 0 Å². The number of rotatable bonds is 3. The molecule has 0 aromatic heterocycles. The van der Waals surface area contributed by atoms with Crippen LogP contribution in [0.1, 0.15) is 11.1 Å². The third-order valence-electron chi connectivity index (χ3n) is 3.07. The summed E-state index contributed by atoms with van der Waals surface area (Å²) in [7, 11) is 1.76. The van der Waals surface area contributed by atoms with Crippen molar-refractivity contribution in [3.8, 4) is 0 Å². The van der Waals surface area contributed by atoms with E-state index < -0.39 is 11.7 Å². The van der Waals surface area contributed by atoms with E-state index in [0.29, 0.717) is 17.3 Å². The summed E-state index contributed by atoms with van der Waals surface area (Å²) < 4.78 is 37.8. The summed E-state index contributed by atoms with van der Waals surface area (Å²) in [6, 6.07) is 10.6. The van der Waals surface area contributed by atoms with Gasteiger partial charge in [0.2, 0.25) is 0 Å². The van der Waals surface area contributed by atoms with E-state index in [-0.39, 0.29) is 5.69 Å². The van der Waals surface area contributed by atoms with Gasteiger partial charge >= 0.3 is 6.18 Å². The Labute approximate surface area is 125 Å². The second kappa shape index (κ2) is 5.85. The first-order chi connectivity index (χ1) is 9.77. The SMILES string of the molecule is CN(Cc1cccc(Cl)c1)c1ccc(C(F)(F)F)cc1N. The molecule has 0 bridgehead atoms. The third-order valence-corrected chi connectivity index (χ3v) is 3.31. The van der Waals surface area contributed by atoms with Crippen LogP contribution >= 0.6 is 11.6 Å². The minimum absolute atomic E-state index is 0.0920. The highest BCUT2D eigenvalue weighted by Crippen LogP contribution is 2.34. The van der Waals surface area contributed by atoms with Crippen molar-refractivity contribution in [3.05, 3.63) is 58.6 Å². The van der Waals surface area contributed by atoms with E-state index in [1.54, 1.807) is 24.1 Å². The summed E-state index contributed by atoms with van der Waals surface area (Å²) in [6.45, 7) is 0.496. The van der Waals surface area contributed by atoms with Crippen molar-refractivity contribution in [1.82, 2.24) is 0 Å². The lowest BCUT2D eigenvalue weighted by Crippen LogP contribution is -2.18. The van der Waals surface area contributed by atoms with Crippen molar-refractivity contribution in [1.29, 1.82) is 0 Å². The molecule has 0 saturated carbocycles. The highest BCUT2D eigenvalue weighted by atomic mass is 35.5. The van der Waals surface area contributed by atoms with Gasteiger partial charge < -0.3 is 10.6 Å². The number of hydrogen-bond donors (Lipinski definition) is 1. The lowest BCUT2D eigenvalue weighted by molar-refractivity contribution is -0.137. The summed E-state index contributed by atoms with van der Waals surface area (Å²) >= 11 is 5.91. The van der Waals surface area contributed by atoms with Crippen LogP contribution in [-0.4, -0.2) is 7.05 Å². The highest BCUT2D eigenvalue weighted by molar-refractivity contribution is 6.30. The summed E-state index contributed by atoms with van der Waals surface area (Å²) in [5.74, 6) is 0. The van der Waals surface area contributed by atoms with Gasteiger partial charge in [-0.1, -0.05) is 23.7 Å². The molecule has 112 valence electrons. The molecule has 0 radical (unpaired) electrons. The fourth-order valence-corrected chi connectivity index (χ4v) is 2.29. The largest absolute Gasteiger partial charge is 0.416 e. The maximum atomic E-state index is 12.6. The van der Waals surface area contributed by atoms with Gasteiger partial charge in [-0.25, -0.2) is 0 Å². The van der Waals surface area contributed by atoms with Crippen LogP contribution in [0.25, 0.3) is 0 Å². The molecular weight excluding hydrogens is 301 g/mol. The zero-order valence-corrected chi connectivity index (χ0v) is 12.0. The lowest BCUT2D eigenvalue weighted by atomic mass is 10.1. The second-order valence-electron chi connectivity index (χ2n) is 4.76. The molecule has 0 unspecified atom stereocenters. The van der Waals surface area contributed by atoms with Gasteiger partial charge in [-0.3, -0.25) is 0 Å². The first kappa shape index (κ1) is 15.5. The Kier molecular flexibility index (Phi) is 4.32. The molecule has 2 rings (SSSR count). The first-order valence-electron chi connectivity index (χ1n) is 6.19. The molecule has 2 N–H and O–H groups in total. The summed E-state index contributed by atoms with van der Waals surface area (Å²) in [5, 5.41) is 0.612. The summed E-state index contributed by atoms with van der Waals surface area (Å²) in [6.07, 6.45) is -4.39. The predicted molar refractivity (Wildman–Crippen MR) is 79.4 cm³/mol. The maximum Gasteiger partial charge on any atom is 0.416 e. The van der Waals surface area contributed by atoms with Crippen molar-refractivity contribution in [2.24, 2.45) is 0 Å². The van der Waals surface area contributed by atoms with Crippen LogP contribution in [0.15, 0.2) is 42.5 Å². The minimum Gasteiger partial charge on any atom is -0.397 e. The number of halogens is 4. The highest BCUT2D eigenvalue weighted by Gasteiger charge is 2.31. The van der Waals surface area contributed by atoms with Gasteiger partial charge in [-0.15, -0.1) is 0 Å². The Morgan fingerprint density at radius 3 is 2.43 bits per heavy atom. The van der Waals surface area contributed by atoms with Gasteiger partial charge in [-0.2, -0.15) is 13.2 Å². The molecule has 0 spiro atoms. The number of alkyl halides is 3. The smallest absolute Gasteiger partial charge is 0.397 e. The van der Waals surface area contributed by atoms with E-state index in [0.717, 1.165) is 17.7 Å². The molecule has 0 aliphatic heterocycles. The molecule has 2 aromatic carbocycles. The van der Waals surface area contributed by atoms with Gasteiger partial charge in [0.25, 0.3) is 0 Å². The average Bonchev–Trinajstić information content (AvgIpc) is 2.37. The molecular formula is C15H14ClF3N2. The van der Waals surface area contributed by atoms with Crippen molar-refractivity contribution >= 4 is 23.0 Å². The maximum absolute atomic E-state index is 12.6. The molecule has 0 saturated heterocycles. The molecule has 21 heavy (non-hydrogen) atoms. The number of nitrogens with zero attached hydrogens (tertiary/aromatic N) is 1. The monoisotopic (exact) mass is 314 g/mol. The van der Waals surface area contributed by atoms with Crippen LogP contribution in [0.3, 0.4) is 0 Å². The zero-order valence-electron chi connectivity index (χ0n) is 11.3. The fourth-order valence-electron chi connectivity index (χ4n) is 2.07. The zero-order chi connectivity index (χ0) is 15.6. The predicted octanol–water partition coefficient (Wildman–Crippen LogP) is 4.58. The van der Waals surface area contributed by atoms with Crippen LogP contribution in [-0.2, 0) is 12.7 Å².